The molecule has 2 unspecified atom stereocenters. The van der Waals surface area contributed by atoms with Crippen LogP contribution >= 0.6 is 0 Å². The molecule has 0 spiro atoms. The molecule has 2 atom stereocenters. The number of hydrogen-bond acceptors (Lipinski definition) is 4. The van der Waals surface area contributed by atoms with Crippen molar-refractivity contribution in [1.82, 2.24) is 10.3 Å². The number of nitrogens with one attached hydrogen (secondary N) is 1. The predicted molar refractivity (Wildman–Crippen MR) is 92.8 cm³/mol. The number of nitrogens with zero attached hydrogens (tertiary/aromatic N) is 1. The molecule has 2 rings (SSSR count). The van der Waals surface area contributed by atoms with E-state index in [9.17, 15) is 22.8 Å². The molecule has 1 aliphatic rings. The van der Waals surface area contributed by atoms with Gasteiger partial charge in [-0.3, -0.25) is 15.0 Å². The third-order valence-corrected chi connectivity index (χ3v) is 4.71. The number of rotatable bonds is 4. The van der Waals surface area contributed by atoms with Crippen LogP contribution < -0.4 is 16.0 Å². The summed E-state index contributed by atoms with van der Waals surface area (Å²) in [5, 5.41) is 0. The minimum Gasteiger partial charge on any atom is -0.490 e. The van der Waals surface area contributed by atoms with Crippen LogP contribution in [0.4, 0.5) is 13.2 Å². The van der Waals surface area contributed by atoms with Crippen LogP contribution in [0.5, 0.6) is 5.75 Å². The van der Waals surface area contributed by atoms with Gasteiger partial charge in [0, 0.05) is 25.4 Å². The molecule has 6 nitrogen and oxygen atoms in total. The number of carbonyl (C=O) groups excluding carboxylic acids is 2. The molecule has 27 heavy (non-hydrogen) atoms. The van der Waals surface area contributed by atoms with Gasteiger partial charge in [-0.1, -0.05) is 20.8 Å². The van der Waals surface area contributed by atoms with E-state index >= 15 is 0 Å². The first-order chi connectivity index (χ1) is 12.5. The van der Waals surface area contributed by atoms with Crippen molar-refractivity contribution >= 4 is 12.3 Å². The van der Waals surface area contributed by atoms with Gasteiger partial charge in [0.25, 0.3) is 5.91 Å². The number of nitrogen functional groups attached to an aromatic ring is 1. The normalized spacial score (nSPS) is 20.9. The van der Waals surface area contributed by atoms with Crippen LogP contribution in [0.1, 0.15) is 49.5 Å². The Morgan fingerprint density at radius 2 is 2.00 bits per heavy atom. The van der Waals surface area contributed by atoms with Crippen molar-refractivity contribution in [2.75, 3.05) is 6.54 Å². The summed E-state index contributed by atoms with van der Waals surface area (Å²) in [6.07, 6.45) is -3.07. The van der Waals surface area contributed by atoms with Gasteiger partial charge < -0.3 is 9.64 Å². The summed E-state index contributed by atoms with van der Waals surface area (Å²) in [5.74, 6) is 4.11. The monoisotopic (exact) mass is 387 g/mol. The van der Waals surface area contributed by atoms with Crippen LogP contribution in [0.2, 0.25) is 0 Å². The maximum Gasteiger partial charge on any atom is 0.417 e. The van der Waals surface area contributed by atoms with Gasteiger partial charge in [-0.2, -0.15) is 13.2 Å². The Morgan fingerprint density at radius 1 is 1.33 bits per heavy atom. The molecule has 1 aromatic carbocycles. The van der Waals surface area contributed by atoms with Crippen LogP contribution in [0.3, 0.4) is 0 Å². The first-order valence-corrected chi connectivity index (χ1v) is 8.57. The van der Waals surface area contributed by atoms with Gasteiger partial charge in [0.15, 0.2) is 0 Å². The Labute approximate surface area is 155 Å². The first kappa shape index (κ1) is 21.0. The van der Waals surface area contributed by atoms with Gasteiger partial charge in [0.2, 0.25) is 6.41 Å². The number of ether oxygens (including phenoxy) is 1. The molecule has 9 heteroatoms. The number of amides is 2. The Balaban J connectivity index is 2.24. The molecule has 0 aromatic heterocycles. The highest BCUT2D eigenvalue weighted by Crippen LogP contribution is 2.36. The molecule has 1 aliphatic heterocycles. The minimum absolute atomic E-state index is 0.0602. The van der Waals surface area contributed by atoms with Crippen LogP contribution in [0.25, 0.3) is 0 Å². The summed E-state index contributed by atoms with van der Waals surface area (Å²) in [6, 6.07) is 2.98. The summed E-state index contributed by atoms with van der Waals surface area (Å²) < 4.78 is 45.1. The maximum atomic E-state index is 13.1. The van der Waals surface area contributed by atoms with E-state index in [0.29, 0.717) is 19.4 Å². The number of nitrogens with two attached hydrogens (primary N) is 1. The highest BCUT2D eigenvalue weighted by molar-refractivity contribution is 5.95. The highest BCUT2D eigenvalue weighted by atomic mass is 19.4. The number of carbonyl (C=O) groups is 2. The molecule has 1 saturated heterocycles. The third kappa shape index (κ3) is 4.91. The lowest BCUT2D eigenvalue weighted by molar-refractivity contribution is -0.138. The number of likely N-dealkylation sites (tertiary alicyclic amines) is 1. The van der Waals surface area contributed by atoms with Gasteiger partial charge in [0.05, 0.1) is 11.1 Å². The summed E-state index contributed by atoms with van der Waals surface area (Å²) in [5.41, 5.74) is -0.127. The molecule has 0 aliphatic carbocycles. The molecule has 0 radical (unpaired) electrons. The zero-order chi connectivity index (χ0) is 20.4. The molecule has 1 fully saturated rings. The SMILES string of the molecule is CC(C)(C)C1CC(Oc2ccc(C(F)(F)F)c(C(=O)NN)c2)CCN1C=O. The fourth-order valence-electron chi connectivity index (χ4n) is 3.34. The molecule has 0 saturated carbocycles. The second kappa shape index (κ2) is 7.75. The summed E-state index contributed by atoms with van der Waals surface area (Å²) in [4.78, 5) is 24.8. The van der Waals surface area contributed by atoms with E-state index in [0.717, 1.165) is 18.5 Å². The van der Waals surface area contributed by atoms with Crippen LogP contribution in [-0.4, -0.2) is 35.9 Å². The lowest BCUT2D eigenvalue weighted by atomic mass is 9.80. The summed E-state index contributed by atoms with van der Waals surface area (Å²) in [6.45, 7) is 6.53. The van der Waals surface area contributed by atoms with E-state index < -0.39 is 23.2 Å². The minimum atomic E-state index is -4.69. The summed E-state index contributed by atoms with van der Waals surface area (Å²) in [7, 11) is 0. The molecule has 1 heterocycles. The largest absolute Gasteiger partial charge is 0.490 e. The molecule has 2 amide bonds. The third-order valence-electron chi connectivity index (χ3n) is 4.71. The lowest BCUT2D eigenvalue weighted by Crippen LogP contribution is -2.51. The van der Waals surface area contributed by atoms with Gasteiger partial charge in [-0.05, 0) is 23.6 Å². The topological polar surface area (TPSA) is 84.7 Å². The first-order valence-electron chi connectivity index (χ1n) is 8.57. The van der Waals surface area contributed by atoms with Crippen molar-refractivity contribution in [3.8, 4) is 5.75 Å². The number of alkyl halides is 3. The van der Waals surface area contributed by atoms with Gasteiger partial charge in [-0.15, -0.1) is 0 Å². The Morgan fingerprint density at radius 3 is 2.52 bits per heavy atom. The number of halogens is 3. The maximum absolute atomic E-state index is 13.1. The molecule has 0 bridgehead atoms. The zero-order valence-electron chi connectivity index (χ0n) is 15.5. The van der Waals surface area contributed by atoms with Crippen molar-refractivity contribution in [1.29, 1.82) is 0 Å². The molecule has 3 N–H and O–H groups in total. The second-order valence-corrected chi connectivity index (χ2v) is 7.67. The number of hydrazine groups is 1. The number of piperidine rings is 1. The number of benzene rings is 1. The zero-order valence-corrected chi connectivity index (χ0v) is 15.5. The van der Waals surface area contributed by atoms with Gasteiger partial charge in [0.1, 0.15) is 11.9 Å². The molecule has 1 aromatic rings. The van der Waals surface area contributed by atoms with Crippen LogP contribution in [0.15, 0.2) is 18.2 Å². The van der Waals surface area contributed by atoms with E-state index in [2.05, 4.69) is 0 Å². The van der Waals surface area contributed by atoms with Crippen LogP contribution in [0, 0.1) is 5.41 Å². The quantitative estimate of drug-likeness (QED) is 0.360. The van der Waals surface area contributed by atoms with E-state index in [4.69, 9.17) is 10.6 Å². The standard InChI is InChI=1S/C18H24F3N3O3/c1-17(2,3)15-9-12(6-7-24(15)10-25)27-11-4-5-14(18(19,20)21)13(8-11)16(26)23-22/h4-5,8,10,12,15H,6-7,9,22H2,1-3H3,(H,23,26). The predicted octanol–water partition coefficient (Wildman–Crippen LogP) is 2.72. The average Bonchev–Trinajstić information content (AvgIpc) is 2.59. The fraction of sp³-hybridized carbons (Fsp3) is 0.556. The van der Waals surface area contributed by atoms with Crippen molar-refractivity contribution in [3.63, 3.8) is 0 Å². The van der Waals surface area contributed by atoms with Crippen molar-refractivity contribution < 1.29 is 27.5 Å². The Hall–Kier alpha value is -2.29. The van der Waals surface area contributed by atoms with Crippen molar-refractivity contribution in [2.24, 2.45) is 11.3 Å². The summed E-state index contributed by atoms with van der Waals surface area (Å²) >= 11 is 0. The average molecular weight is 387 g/mol. The molecular weight excluding hydrogens is 363 g/mol. The second-order valence-electron chi connectivity index (χ2n) is 7.67. The highest BCUT2D eigenvalue weighted by Gasteiger charge is 2.38. The van der Waals surface area contributed by atoms with Gasteiger partial charge >= 0.3 is 6.18 Å². The van der Waals surface area contributed by atoms with Crippen LogP contribution in [-0.2, 0) is 11.0 Å². The number of hydrogen-bond donors (Lipinski definition) is 2. The Kier molecular flexibility index (Phi) is 6.04. The molecule has 150 valence electrons. The van der Waals surface area contributed by atoms with Gasteiger partial charge in [-0.25, -0.2) is 5.84 Å². The fourth-order valence-corrected chi connectivity index (χ4v) is 3.34. The van der Waals surface area contributed by atoms with Crippen molar-refractivity contribution in [3.05, 3.63) is 29.3 Å². The smallest absolute Gasteiger partial charge is 0.417 e. The molecular formula is C18H24F3N3O3. The van der Waals surface area contributed by atoms with E-state index in [1.54, 1.807) is 10.3 Å². The van der Waals surface area contributed by atoms with E-state index in [1.165, 1.54) is 6.07 Å². The van der Waals surface area contributed by atoms with E-state index in [1.807, 2.05) is 20.8 Å². The lowest BCUT2D eigenvalue weighted by Gasteiger charge is -2.44. The Bertz CT molecular complexity index is 701. The van der Waals surface area contributed by atoms with Crippen molar-refractivity contribution in [2.45, 2.75) is 51.9 Å². The van der Waals surface area contributed by atoms with E-state index in [-0.39, 0.29) is 23.3 Å².